The van der Waals surface area contributed by atoms with Gasteiger partial charge in [0.25, 0.3) is 5.91 Å². The number of rotatable bonds is 9. The molecule has 3 aromatic carbocycles. The van der Waals surface area contributed by atoms with Crippen LogP contribution in [0.3, 0.4) is 0 Å². The summed E-state index contributed by atoms with van der Waals surface area (Å²) in [7, 11) is 0. The Labute approximate surface area is 225 Å². The van der Waals surface area contributed by atoms with Gasteiger partial charge >= 0.3 is 0 Å². The maximum absolute atomic E-state index is 13.1. The minimum Gasteiger partial charge on any atom is -0.504 e. The summed E-state index contributed by atoms with van der Waals surface area (Å²) < 4.78 is 17.9. The number of phenolic OH excluding ortho intramolecular Hbond substituents is 1. The summed E-state index contributed by atoms with van der Waals surface area (Å²) in [5, 5.41) is 20.2. The van der Waals surface area contributed by atoms with E-state index >= 15 is 0 Å². The molecule has 0 aliphatic carbocycles. The van der Waals surface area contributed by atoms with E-state index < -0.39 is 11.2 Å². The Morgan fingerprint density at radius 1 is 0.923 bits per heavy atom. The van der Waals surface area contributed by atoms with Gasteiger partial charge in [-0.2, -0.15) is 0 Å². The fraction of sp³-hybridized carbons (Fsp3) is 0.267. The summed E-state index contributed by atoms with van der Waals surface area (Å²) in [6.45, 7) is 2.81. The van der Waals surface area contributed by atoms with Crippen LogP contribution in [0.5, 0.6) is 17.2 Å². The molecule has 0 spiro atoms. The van der Waals surface area contributed by atoms with Gasteiger partial charge in [-0.05, 0) is 5.56 Å². The normalized spacial score (nSPS) is 13.9. The van der Waals surface area contributed by atoms with Gasteiger partial charge in [0, 0.05) is 50.4 Å². The van der Waals surface area contributed by atoms with E-state index in [0.717, 1.165) is 5.56 Å². The van der Waals surface area contributed by atoms with E-state index in [1.807, 2.05) is 60.7 Å². The first-order valence-electron chi connectivity index (χ1n) is 12.8. The van der Waals surface area contributed by atoms with Crippen molar-refractivity contribution in [3.63, 3.8) is 0 Å². The van der Waals surface area contributed by atoms with E-state index in [4.69, 9.17) is 19.0 Å². The van der Waals surface area contributed by atoms with E-state index in [1.54, 1.807) is 4.90 Å². The average Bonchev–Trinajstić information content (AvgIpc) is 2.96. The molecule has 0 saturated carbocycles. The second-order valence-corrected chi connectivity index (χ2v) is 9.28. The van der Waals surface area contributed by atoms with Gasteiger partial charge in [-0.3, -0.25) is 14.5 Å². The van der Waals surface area contributed by atoms with Crippen molar-refractivity contribution < 1.29 is 28.9 Å². The number of piperazine rings is 1. The van der Waals surface area contributed by atoms with Crippen LogP contribution in [0.4, 0.5) is 0 Å². The number of carbonyl (C=O) groups is 1. The Balaban J connectivity index is 1.44. The molecule has 1 aliphatic heterocycles. The zero-order chi connectivity index (χ0) is 27.2. The van der Waals surface area contributed by atoms with Gasteiger partial charge in [0.1, 0.15) is 23.3 Å². The number of amides is 1. The standard InChI is InChI=1S/C30H30N2O7/c33-16-15-31-11-13-32(14-12-31)27(35)20-38-30-26(37-19-21-7-3-1-4-8-21)18-25-28(29(30)36)23(34)17-24(39-25)22-9-5-2-6-10-22/h1-10,17-18,33,36H,11-16,19-20H2. The van der Waals surface area contributed by atoms with Gasteiger partial charge in [0.15, 0.2) is 23.5 Å². The fourth-order valence-corrected chi connectivity index (χ4v) is 4.58. The van der Waals surface area contributed by atoms with Crippen molar-refractivity contribution in [2.75, 3.05) is 45.9 Å². The van der Waals surface area contributed by atoms with Crippen molar-refractivity contribution in [3.8, 4) is 28.6 Å². The summed E-state index contributed by atoms with van der Waals surface area (Å²) in [6, 6.07) is 21.5. The highest BCUT2D eigenvalue weighted by Crippen LogP contribution is 2.43. The number of hydrogen-bond acceptors (Lipinski definition) is 8. The summed E-state index contributed by atoms with van der Waals surface area (Å²) in [4.78, 5) is 29.8. The molecular weight excluding hydrogens is 500 g/mol. The molecule has 1 saturated heterocycles. The van der Waals surface area contributed by atoms with E-state index in [-0.39, 0.29) is 48.2 Å². The Morgan fingerprint density at radius 2 is 1.62 bits per heavy atom. The number of carbonyl (C=O) groups excluding carboxylic acids is 1. The molecule has 0 unspecified atom stereocenters. The van der Waals surface area contributed by atoms with Gasteiger partial charge in [0.05, 0.1) is 6.61 Å². The van der Waals surface area contributed by atoms with Crippen LogP contribution in [0.25, 0.3) is 22.3 Å². The molecule has 2 N–H and O–H groups in total. The third-order valence-corrected chi connectivity index (χ3v) is 6.69. The number of aliphatic hydroxyl groups excluding tert-OH is 1. The molecule has 9 heteroatoms. The van der Waals surface area contributed by atoms with E-state index in [1.165, 1.54) is 12.1 Å². The number of nitrogens with zero attached hydrogens (tertiary/aromatic N) is 2. The van der Waals surface area contributed by atoms with Crippen molar-refractivity contribution in [1.29, 1.82) is 0 Å². The van der Waals surface area contributed by atoms with Crippen LogP contribution in [-0.2, 0) is 11.4 Å². The van der Waals surface area contributed by atoms with Crippen LogP contribution in [0.2, 0.25) is 0 Å². The van der Waals surface area contributed by atoms with Crippen molar-refractivity contribution in [2.24, 2.45) is 0 Å². The Morgan fingerprint density at radius 3 is 2.31 bits per heavy atom. The van der Waals surface area contributed by atoms with Gasteiger partial charge in [-0.25, -0.2) is 0 Å². The second-order valence-electron chi connectivity index (χ2n) is 9.28. The molecule has 9 nitrogen and oxygen atoms in total. The summed E-state index contributed by atoms with van der Waals surface area (Å²) in [6.07, 6.45) is 0. The quantitative estimate of drug-likeness (QED) is 0.339. The molecule has 1 amide bonds. The lowest BCUT2D eigenvalue weighted by Gasteiger charge is -2.34. The second kappa shape index (κ2) is 12.0. The first kappa shape index (κ1) is 26.3. The molecule has 202 valence electrons. The van der Waals surface area contributed by atoms with Gasteiger partial charge < -0.3 is 29.0 Å². The van der Waals surface area contributed by atoms with Crippen LogP contribution in [0.15, 0.2) is 82.0 Å². The number of hydrogen-bond donors (Lipinski definition) is 2. The third kappa shape index (κ3) is 6.05. The highest BCUT2D eigenvalue weighted by molar-refractivity contribution is 5.90. The highest BCUT2D eigenvalue weighted by atomic mass is 16.5. The molecule has 1 aliphatic rings. The molecule has 0 radical (unpaired) electrons. The predicted molar refractivity (Wildman–Crippen MR) is 146 cm³/mol. The maximum atomic E-state index is 13.1. The molecule has 39 heavy (non-hydrogen) atoms. The zero-order valence-electron chi connectivity index (χ0n) is 21.4. The number of benzene rings is 3. The number of fused-ring (bicyclic) bond motifs is 1. The van der Waals surface area contributed by atoms with E-state index in [9.17, 15) is 14.7 Å². The molecule has 2 heterocycles. The molecule has 1 fully saturated rings. The van der Waals surface area contributed by atoms with E-state index in [0.29, 0.717) is 44.0 Å². The predicted octanol–water partition coefficient (Wildman–Crippen LogP) is 3.26. The fourth-order valence-electron chi connectivity index (χ4n) is 4.58. The molecular formula is C30H30N2O7. The van der Waals surface area contributed by atoms with Crippen LogP contribution in [-0.4, -0.2) is 71.9 Å². The molecule has 0 atom stereocenters. The molecule has 0 bridgehead atoms. The number of aliphatic hydroxyl groups is 1. The van der Waals surface area contributed by atoms with Crippen molar-refractivity contribution in [1.82, 2.24) is 9.80 Å². The van der Waals surface area contributed by atoms with Gasteiger partial charge in [0.2, 0.25) is 5.75 Å². The van der Waals surface area contributed by atoms with Gasteiger partial charge in [-0.15, -0.1) is 0 Å². The highest BCUT2D eigenvalue weighted by Gasteiger charge is 2.24. The first-order valence-corrected chi connectivity index (χ1v) is 12.8. The van der Waals surface area contributed by atoms with Crippen LogP contribution >= 0.6 is 0 Å². The lowest BCUT2D eigenvalue weighted by atomic mass is 10.1. The summed E-state index contributed by atoms with van der Waals surface area (Å²) >= 11 is 0. The number of aromatic hydroxyl groups is 1. The van der Waals surface area contributed by atoms with E-state index in [2.05, 4.69) is 4.90 Å². The van der Waals surface area contributed by atoms with Crippen molar-refractivity contribution in [2.45, 2.75) is 6.61 Å². The van der Waals surface area contributed by atoms with Gasteiger partial charge in [-0.1, -0.05) is 60.7 Å². The maximum Gasteiger partial charge on any atom is 0.260 e. The molecule has 1 aromatic heterocycles. The number of phenols is 1. The monoisotopic (exact) mass is 530 g/mol. The number of ether oxygens (including phenoxy) is 2. The van der Waals surface area contributed by atoms with Crippen molar-refractivity contribution in [3.05, 3.63) is 88.6 Å². The van der Waals surface area contributed by atoms with Crippen LogP contribution in [0.1, 0.15) is 5.56 Å². The smallest absolute Gasteiger partial charge is 0.260 e. The topological polar surface area (TPSA) is 113 Å². The largest absolute Gasteiger partial charge is 0.504 e. The Kier molecular flexibility index (Phi) is 8.10. The SMILES string of the molecule is O=C(COc1c(OCc2ccccc2)cc2oc(-c3ccccc3)cc(=O)c2c1O)N1CCN(CCO)CC1. The summed E-state index contributed by atoms with van der Waals surface area (Å²) in [5.41, 5.74) is 1.30. The minimum absolute atomic E-state index is 0.0539. The lowest BCUT2D eigenvalue weighted by Crippen LogP contribution is -2.50. The van der Waals surface area contributed by atoms with Crippen LogP contribution < -0.4 is 14.9 Å². The Hall–Kier alpha value is -4.34. The third-order valence-electron chi connectivity index (χ3n) is 6.69. The first-order chi connectivity index (χ1) is 19.0. The molecule has 4 aromatic rings. The zero-order valence-corrected chi connectivity index (χ0v) is 21.4. The number of β-amino-alcohol motifs (C(OH)–C–C–N with tert-alkyl or cyclic N) is 1. The van der Waals surface area contributed by atoms with Crippen molar-refractivity contribution >= 4 is 16.9 Å². The molecule has 5 rings (SSSR count). The minimum atomic E-state index is -0.446. The summed E-state index contributed by atoms with van der Waals surface area (Å²) in [5.74, 6) is -0.281. The van der Waals surface area contributed by atoms with Crippen LogP contribution in [0, 0.1) is 0 Å². The Bertz CT molecular complexity index is 1480. The lowest BCUT2D eigenvalue weighted by molar-refractivity contribution is -0.135. The average molecular weight is 531 g/mol.